The van der Waals surface area contributed by atoms with Crippen LogP contribution in [-0.4, -0.2) is 30.5 Å². The number of carbonyl (C=O) groups is 1. The topological polar surface area (TPSA) is 77.6 Å². The number of aryl methyl sites for hydroxylation is 2. The summed E-state index contributed by atoms with van der Waals surface area (Å²) in [6.07, 6.45) is -3.05. The highest BCUT2D eigenvalue weighted by atomic mass is 35.5. The number of amides is 1. The number of alkyl halides is 3. The zero-order valence-corrected chi connectivity index (χ0v) is 18.2. The van der Waals surface area contributed by atoms with Crippen LogP contribution in [0.5, 0.6) is 0 Å². The van der Waals surface area contributed by atoms with E-state index in [1.165, 1.54) is 42.9 Å². The molecule has 0 radical (unpaired) electrons. The first-order valence-corrected chi connectivity index (χ1v) is 10.1. The number of hydrogen-bond donors (Lipinski definition) is 1. The lowest BCUT2D eigenvalue weighted by molar-refractivity contribution is -0.136. The summed E-state index contributed by atoms with van der Waals surface area (Å²) in [5.41, 5.74) is -0.361. The summed E-state index contributed by atoms with van der Waals surface area (Å²) in [5, 5.41) is 10.9. The fourth-order valence-corrected chi connectivity index (χ4v) is 3.72. The molecule has 1 aromatic carbocycles. The standard InChI is InChI=1S/C21H17ClF4N6O/c1-11-8-14(21(24,25)26)19-12(2)29-32(20(19)27-11)10-18(33)28-17-6-7-31(30-17)9-13-15(22)4-3-5-16(13)23/h3-8H,9-10H2,1-2H3,(H,28,30,33). The predicted molar refractivity (Wildman–Crippen MR) is 113 cm³/mol. The van der Waals surface area contributed by atoms with Crippen LogP contribution in [0.4, 0.5) is 23.4 Å². The highest BCUT2D eigenvalue weighted by Crippen LogP contribution is 2.36. The molecule has 0 bridgehead atoms. The van der Waals surface area contributed by atoms with E-state index in [1.54, 1.807) is 6.07 Å². The van der Waals surface area contributed by atoms with E-state index < -0.39 is 23.5 Å². The van der Waals surface area contributed by atoms with Crippen molar-refractivity contribution in [2.24, 2.45) is 0 Å². The number of nitrogens with one attached hydrogen (secondary N) is 1. The van der Waals surface area contributed by atoms with Gasteiger partial charge in [0.2, 0.25) is 5.91 Å². The summed E-state index contributed by atoms with van der Waals surface area (Å²) in [4.78, 5) is 16.7. The van der Waals surface area contributed by atoms with Crippen molar-refractivity contribution in [2.75, 3.05) is 5.32 Å². The van der Waals surface area contributed by atoms with Gasteiger partial charge >= 0.3 is 6.18 Å². The summed E-state index contributed by atoms with van der Waals surface area (Å²) in [6, 6.07) is 6.79. The van der Waals surface area contributed by atoms with Crippen molar-refractivity contribution >= 4 is 34.4 Å². The van der Waals surface area contributed by atoms with Crippen molar-refractivity contribution in [3.63, 3.8) is 0 Å². The number of rotatable bonds is 5. The molecule has 0 fully saturated rings. The Bertz CT molecular complexity index is 1340. The third-order valence-electron chi connectivity index (χ3n) is 4.89. The molecule has 0 aliphatic rings. The molecule has 4 rings (SSSR count). The normalized spacial score (nSPS) is 11.8. The van der Waals surface area contributed by atoms with Crippen molar-refractivity contribution in [1.82, 2.24) is 24.5 Å². The highest BCUT2D eigenvalue weighted by Gasteiger charge is 2.35. The Balaban J connectivity index is 1.53. The number of benzene rings is 1. The lowest BCUT2D eigenvalue weighted by atomic mass is 10.1. The minimum absolute atomic E-state index is 0.0327. The summed E-state index contributed by atoms with van der Waals surface area (Å²) in [7, 11) is 0. The molecule has 0 atom stereocenters. The lowest BCUT2D eigenvalue weighted by Crippen LogP contribution is -2.20. The van der Waals surface area contributed by atoms with Gasteiger partial charge in [0.15, 0.2) is 11.5 Å². The van der Waals surface area contributed by atoms with Gasteiger partial charge in [0, 0.05) is 28.5 Å². The van der Waals surface area contributed by atoms with Crippen LogP contribution in [0.1, 0.15) is 22.5 Å². The average molecular weight is 481 g/mol. The number of aromatic nitrogens is 5. The number of pyridine rings is 1. The number of fused-ring (bicyclic) bond motifs is 1. The molecule has 0 saturated heterocycles. The minimum atomic E-state index is -4.58. The third-order valence-corrected chi connectivity index (χ3v) is 5.25. The molecule has 172 valence electrons. The molecule has 0 unspecified atom stereocenters. The third kappa shape index (κ3) is 4.68. The van der Waals surface area contributed by atoms with Gasteiger partial charge in [-0.3, -0.25) is 9.48 Å². The first-order chi connectivity index (χ1) is 15.5. The lowest BCUT2D eigenvalue weighted by Gasteiger charge is -2.10. The van der Waals surface area contributed by atoms with Crippen molar-refractivity contribution in [2.45, 2.75) is 33.1 Å². The Kier molecular flexibility index (Phi) is 5.83. The van der Waals surface area contributed by atoms with E-state index in [-0.39, 0.29) is 51.9 Å². The maximum atomic E-state index is 14.0. The van der Waals surface area contributed by atoms with Gasteiger partial charge in [0.1, 0.15) is 12.4 Å². The van der Waals surface area contributed by atoms with Crippen LogP contribution in [0.15, 0.2) is 36.5 Å². The van der Waals surface area contributed by atoms with Crippen LogP contribution in [0.2, 0.25) is 5.02 Å². The van der Waals surface area contributed by atoms with E-state index in [9.17, 15) is 22.4 Å². The van der Waals surface area contributed by atoms with Gasteiger partial charge in [-0.05, 0) is 32.0 Å². The van der Waals surface area contributed by atoms with Gasteiger partial charge in [-0.2, -0.15) is 23.4 Å². The first-order valence-electron chi connectivity index (χ1n) is 9.71. The van der Waals surface area contributed by atoms with Gasteiger partial charge in [-0.1, -0.05) is 17.7 Å². The molecule has 0 aliphatic heterocycles. The highest BCUT2D eigenvalue weighted by molar-refractivity contribution is 6.31. The van der Waals surface area contributed by atoms with E-state index >= 15 is 0 Å². The molecule has 1 N–H and O–H groups in total. The van der Waals surface area contributed by atoms with Crippen LogP contribution in [0.25, 0.3) is 11.0 Å². The van der Waals surface area contributed by atoms with Crippen LogP contribution >= 0.6 is 11.6 Å². The summed E-state index contributed by atoms with van der Waals surface area (Å²) in [6.45, 7) is 2.55. The van der Waals surface area contributed by atoms with E-state index in [4.69, 9.17) is 11.6 Å². The van der Waals surface area contributed by atoms with Gasteiger partial charge in [0.25, 0.3) is 0 Å². The molecule has 12 heteroatoms. The van der Waals surface area contributed by atoms with E-state index in [1.807, 2.05) is 0 Å². The van der Waals surface area contributed by atoms with Crippen LogP contribution < -0.4 is 5.32 Å². The molecule has 1 amide bonds. The molecule has 0 aliphatic carbocycles. The van der Waals surface area contributed by atoms with Gasteiger partial charge in [0.05, 0.1) is 23.2 Å². The van der Waals surface area contributed by atoms with Crippen LogP contribution in [0.3, 0.4) is 0 Å². The number of halogens is 5. The van der Waals surface area contributed by atoms with Crippen molar-refractivity contribution < 1.29 is 22.4 Å². The Labute approximate surface area is 190 Å². The van der Waals surface area contributed by atoms with Crippen LogP contribution in [0, 0.1) is 19.7 Å². The van der Waals surface area contributed by atoms with Crippen molar-refractivity contribution in [3.8, 4) is 0 Å². The Morgan fingerprint density at radius 3 is 2.64 bits per heavy atom. The molecule has 4 aromatic rings. The molecule has 0 saturated carbocycles. The minimum Gasteiger partial charge on any atom is -0.308 e. The van der Waals surface area contributed by atoms with Crippen LogP contribution in [-0.2, 0) is 24.1 Å². The Hall–Kier alpha value is -3.47. The molecule has 7 nitrogen and oxygen atoms in total. The summed E-state index contributed by atoms with van der Waals surface area (Å²) < 4.78 is 56.9. The van der Waals surface area contributed by atoms with Gasteiger partial charge in [-0.15, -0.1) is 0 Å². The zero-order valence-electron chi connectivity index (χ0n) is 17.4. The molecule has 33 heavy (non-hydrogen) atoms. The van der Waals surface area contributed by atoms with E-state index in [0.29, 0.717) is 0 Å². The maximum absolute atomic E-state index is 14.0. The largest absolute Gasteiger partial charge is 0.417 e. The molecule has 0 spiro atoms. The zero-order chi connectivity index (χ0) is 23.9. The second-order valence-electron chi connectivity index (χ2n) is 7.40. The number of hydrogen-bond acceptors (Lipinski definition) is 4. The molecule has 3 heterocycles. The smallest absolute Gasteiger partial charge is 0.308 e. The van der Waals surface area contributed by atoms with Gasteiger partial charge < -0.3 is 5.32 Å². The SMILES string of the molecule is Cc1cc(C(F)(F)F)c2c(C)nn(CC(=O)Nc3ccn(Cc4c(F)cccc4Cl)n3)c2n1. The number of nitrogens with zero attached hydrogens (tertiary/aromatic N) is 5. The second kappa shape index (κ2) is 8.47. The monoisotopic (exact) mass is 480 g/mol. The maximum Gasteiger partial charge on any atom is 0.417 e. The quantitative estimate of drug-likeness (QED) is 0.418. The summed E-state index contributed by atoms with van der Waals surface area (Å²) in [5.74, 6) is -0.864. The molecular formula is C21H17ClF4N6O. The van der Waals surface area contributed by atoms with Crippen molar-refractivity contribution in [1.29, 1.82) is 0 Å². The fourth-order valence-electron chi connectivity index (χ4n) is 3.49. The summed E-state index contributed by atoms with van der Waals surface area (Å²) >= 11 is 6.02. The first kappa shape index (κ1) is 22.7. The van der Waals surface area contributed by atoms with E-state index in [0.717, 1.165) is 10.7 Å². The molecular weight excluding hydrogens is 464 g/mol. The van der Waals surface area contributed by atoms with Gasteiger partial charge in [-0.25, -0.2) is 14.1 Å². The Morgan fingerprint density at radius 2 is 1.94 bits per heavy atom. The van der Waals surface area contributed by atoms with E-state index in [2.05, 4.69) is 20.5 Å². The second-order valence-corrected chi connectivity index (χ2v) is 7.80. The predicted octanol–water partition coefficient (Wildman–Crippen LogP) is 4.74. The average Bonchev–Trinajstić information content (AvgIpc) is 3.27. The number of anilines is 1. The van der Waals surface area contributed by atoms with Crippen molar-refractivity contribution in [3.05, 3.63) is 69.9 Å². The fraction of sp³-hybridized carbons (Fsp3) is 0.238. The molecule has 3 aromatic heterocycles. The number of carbonyl (C=O) groups excluding carboxylic acids is 1. The Morgan fingerprint density at radius 1 is 1.18 bits per heavy atom.